The number of hydrogen-bond acceptors (Lipinski definition) is 3. The van der Waals surface area contributed by atoms with Gasteiger partial charge in [0.1, 0.15) is 11.4 Å². The minimum absolute atomic E-state index is 0.285. The third-order valence-electron chi connectivity index (χ3n) is 3.33. The highest BCUT2D eigenvalue weighted by molar-refractivity contribution is 6.30. The van der Waals surface area contributed by atoms with Gasteiger partial charge in [0, 0.05) is 11.6 Å². The maximum atomic E-state index is 10.5. The highest BCUT2D eigenvalue weighted by Crippen LogP contribution is 2.19. The molecule has 124 valence electrons. The van der Waals surface area contributed by atoms with Crippen LogP contribution in [0.15, 0.2) is 52.1 Å². The van der Waals surface area contributed by atoms with E-state index >= 15 is 0 Å². The van der Waals surface area contributed by atoms with E-state index in [1.165, 1.54) is 0 Å². The first-order valence-corrected chi connectivity index (χ1v) is 7.92. The van der Waals surface area contributed by atoms with Crippen molar-refractivity contribution >= 4 is 17.6 Å². The second-order valence-corrected chi connectivity index (χ2v) is 5.86. The van der Waals surface area contributed by atoms with Crippen LogP contribution >= 0.6 is 11.6 Å². The van der Waals surface area contributed by atoms with Crippen LogP contribution in [0.4, 0.5) is 0 Å². The van der Waals surface area contributed by atoms with Gasteiger partial charge in [-0.05, 0) is 43.7 Å². The van der Waals surface area contributed by atoms with Gasteiger partial charge in [0.25, 0.3) is 0 Å². The fourth-order valence-electron chi connectivity index (χ4n) is 2.03. The van der Waals surface area contributed by atoms with Gasteiger partial charge < -0.3 is 20.2 Å². The highest BCUT2D eigenvalue weighted by atomic mass is 35.5. The summed E-state index contributed by atoms with van der Waals surface area (Å²) >= 11 is 5.88. The van der Waals surface area contributed by atoms with Gasteiger partial charge in [-0.2, -0.15) is 0 Å². The molecule has 3 N–H and O–H groups in total. The van der Waals surface area contributed by atoms with Crippen LogP contribution < -0.4 is 10.6 Å². The number of nitrogens with zero attached hydrogens (tertiary/aromatic N) is 1. The van der Waals surface area contributed by atoms with Crippen LogP contribution in [-0.2, 0) is 12.1 Å². The molecule has 0 aliphatic heterocycles. The van der Waals surface area contributed by atoms with E-state index in [1.54, 1.807) is 25.3 Å². The molecule has 1 heterocycles. The molecule has 1 aromatic heterocycles. The molecule has 2 rings (SSSR count). The fourth-order valence-corrected chi connectivity index (χ4v) is 2.16. The first kappa shape index (κ1) is 17.4. The molecule has 6 heteroatoms. The Kier molecular flexibility index (Phi) is 6.07. The summed E-state index contributed by atoms with van der Waals surface area (Å²) in [5.74, 6) is 1.15. The number of halogens is 1. The van der Waals surface area contributed by atoms with Gasteiger partial charge in [-0.25, -0.2) is 4.99 Å². The Bertz CT molecular complexity index is 622. The monoisotopic (exact) mass is 335 g/mol. The zero-order valence-electron chi connectivity index (χ0n) is 13.3. The van der Waals surface area contributed by atoms with Gasteiger partial charge >= 0.3 is 0 Å². The molecule has 23 heavy (non-hydrogen) atoms. The number of rotatable bonds is 6. The van der Waals surface area contributed by atoms with Gasteiger partial charge in [0.15, 0.2) is 5.96 Å². The normalized spacial score (nSPS) is 14.3. The van der Waals surface area contributed by atoms with E-state index in [9.17, 15) is 5.11 Å². The van der Waals surface area contributed by atoms with Crippen LogP contribution in [0.2, 0.25) is 5.02 Å². The van der Waals surface area contributed by atoms with Crippen molar-refractivity contribution in [3.63, 3.8) is 0 Å². The summed E-state index contributed by atoms with van der Waals surface area (Å²) in [6.45, 7) is 5.23. The Labute approximate surface area is 141 Å². The van der Waals surface area contributed by atoms with Crippen LogP contribution in [0.5, 0.6) is 0 Å². The van der Waals surface area contributed by atoms with Gasteiger partial charge in [-0.1, -0.05) is 23.7 Å². The molecule has 1 atom stereocenters. The Morgan fingerprint density at radius 3 is 2.61 bits per heavy atom. The summed E-state index contributed by atoms with van der Waals surface area (Å²) < 4.78 is 5.27. The van der Waals surface area contributed by atoms with Crippen LogP contribution in [0.3, 0.4) is 0 Å². The van der Waals surface area contributed by atoms with Crippen molar-refractivity contribution in [2.24, 2.45) is 4.99 Å². The van der Waals surface area contributed by atoms with Gasteiger partial charge in [-0.15, -0.1) is 0 Å². The third kappa shape index (κ3) is 5.30. The zero-order valence-corrected chi connectivity index (χ0v) is 14.1. The van der Waals surface area contributed by atoms with Crippen molar-refractivity contribution in [1.82, 2.24) is 10.6 Å². The fraction of sp³-hybridized carbons (Fsp3) is 0.353. The van der Waals surface area contributed by atoms with Crippen molar-refractivity contribution < 1.29 is 9.52 Å². The summed E-state index contributed by atoms with van der Waals surface area (Å²) in [5.41, 5.74) is -0.0515. The molecular weight excluding hydrogens is 314 g/mol. The second-order valence-electron chi connectivity index (χ2n) is 5.43. The minimum atomic E-state index is -1.11. The van der Waals surface area contributed by atoms with E-state index < -0.39 is 5.60 Å². The van der Waals surface area contributed by atoms with E-state index in [2.05, 4.69) is 15.6 Å². The van der Waals surface area contributed by atoms with Crippen molar-refractivity contribution in [3.8, 4) is 0 Å². The Balaban J connectivity index is 1.97. The van der Waals surface area contributed by atoms with Crippen LogP contribution in [0, 0.1) is 0 Å². The van der Waals surface area contributed by atoms with Crippen molar-refractivity contribution in [3.05, 3.63) is 59.0 Å². The maximum absolute atomic E-state index is 10.5. The van der Waals surface area contributed by atoms with E-state index in [0.29, 0.717) is 23.3 Å². The number of nitrogens with one attached hydrogen (secondary N) is 2. The lowest BCUT2D eigenvalue weighted by molar-refractivity contribution is 0.0386. The van der Waals surface area contributed by atoms with E-state index in [-0.39, 0.29) is 6.54 Å². The maximum Gasteiger partial charge on any atom is 0.191 e. The molecule has 0 aliphatic rings. The van der Waals surface area contributed by atoms with Crippen LogP contribution in [0.1, 0.15) is 25.2 Å². The first-order valence-electron chi connectivity index (χ1n) is 7.54. The summed E-state index contributed by atoms with van der Waals surface area (Å²) in [4.78, 5) is 4.51. The summed E-state index contributed by atoms with van der Waals surface area (Å²) in [6, 6.07) is 11.1. The number of benzene rings is 1. The molecular formula is C17H22ClN3O2. The van der Waals surface area contributed by atoms with Gasteiger partial charge in [0.2, 0.25) is 0 Å². The van der Waals surface area contributed by atoms with Crippen LogP contribution in [0.25, 0.3) is 0 Å². The lowest BCUT2D eigenvalue weighted by Crippen LogP contribution is -2.44. The van der Waals surface area contributed by atoms with Crippen molar-refractivity contribution in [2.45, 2.75) is 26.0 Å². The average molecular weight is 336 g/mol. The largest absolute Gasteiger partial charge is 0.466 e. The standard InChI is InChI=1S/C17H22ClN3O2/c1-3-19-16(20-11-13-6-8-14(18)9-7-13)21-12-17(2,22)15-5-4-10-23-15/h4-10,22H,3,11-12H2,1-2H3,(H2,19,20,21). The second kappa shape index (κ2) is 8.04. The average Bonchev–Trinajstić information content (AvgIpc) is 3.07. The molecule has 0 fully saturated rings. The summed E-state index contributed by atoms with van der Waals surface area (Å²) in [6.07, 6.45) is 1.55. The van der Waals surface area contributed by atoms with Crippen molar-refractivity contribution in [1.29, 1.82) is 0 Å². The molecule has 0 saturated carbocycles. The topological polar surface area (TPSA) is 69.8 Å². The molecule has 5 nitrogen and oxygen atoms in total. The molecule has 1 unspecified atom stereocenters. The quantitative estimate of drug-likeness (QED) is 0.561. The highest BCUT2D eigenvalue weighted by Gasteiger charge is 2.26. The number of aliphatic hydroxyl groups is 1. The number of guanidine groups is 1. The molecule has 0 amide bonds. The molecule has 0 saturated heterocycles. The van der Waals surface area contributed by atoms with Gasteiger partial charge in [0.05, 0.1) is 19.4 Å². The molecule has 0 aliphatic carbocycles. The van der Waals surface area contributed by atoms with Crippen molar-refractivity contribution in [2.75, 3.05) is 13.1 Å². The Morgan fingerprint density at radius 1 is 1.26 bits per heavy atom. The molecule has 0 bridgehead atoms. The van der Waals surface area contributed by atoms with Crippen LogP contribution in [-0.4, -0.2) is 24.2 Å². The lowest BCUT2D eigenvalue weighted by Gasteiger charge is -2.22. The smallest absolute Gasteiger partial charge is 0.191 e. The predicted octanol–water partition coefficient (Wildman–Crippen LogP) is 2.90. The summed E-state index contributed by atoms with van der Waals surface area (Å²) in [7, 11) is 0. The Hall–Kier alpha value is -1.98. The minimum Gasteiger partial charge on any atom is -0.466 e. The molecule has 0 radical (unpaired) electrons. The molecule has 0 spiro atoms. The number of hydrogen-bond donors (Lipinski definition) is 3. The molecule has 1 aromatic carbocycles. The lowest BCUT2D eigenvalue weighted by atomic mass is 10.0. The van der Waals surface area contributed by atoms with E-state index in [4.69, 9.17) is 16.0 Å². The SMILES string of the molecule is CCNC(=NCc1ccc(Cl)cc1)NCC(C)(O)c1ccco1. The Morgan fingerprint density at radius 2 is 2.00 bits per heavy atom. The summed E-state index contributed by atoms with van der Waals surface area (Å²) in [5, 5.41) is 17.4. The van der Waals surface area contributed by atoms with E-state index in [1.807, 2.05) is 31.2 Å². The molecule has 2 aromatic rings. The predicted molar refractivity (Wildman–Crippen MR) is 92.5 cm³/mol. The zero-order chi connectivity index (χ0) is 16.7. The third-order valence-corrected chi connectivity index (χ3v) is 3.58. The number of furan rings is 1. The number of aliphatic imine (C=N–C) groups is 1. The van der Waals surface area contributed by atoms with Gasteiger partial charge in [-0.3, -0.25) is 0 Å². The van der Waals surface area contributed by atoms with E-state index in [0.717, 1.165) is 12.1 Å². The first-order chi connectivity index (χ1) is 11.0.